The van der Waals surface area contributed by atoms with Gasteiger partial charge in [0.2, 0.25) is 0 Å². The third-order valence-electron chi connectivity index (χ3n) is 2.77. The molecule has 1 aliphatic rings. The summed E-state index contributed by atoms with van der Waals surface area (Å²) in [7, 11) is 6.04. The molecule has 1 unspecified atom stereocenters. The minimum Gasteiger partial charge on any atom is -0.388 e. The zero-order chi connectivity index (χ0) is 12.3. The molecule has 2 N–H and O–H groups in total. The molecule has 5 nitrogen and oxygen atoms in total. The smallest absolute Gasteiger partial charge is 0.283 e. The van der Waals surface area contributed by atoms with Crippen molar-refractivity contribution in [1.82, 2.24) is 5.32 Å². The van der Waals surface area contributed by atoms with Gasteiger partial charge in [-0.2, -0.15) is 0 Å². The first kappa shape index (κ1) is 11.6. The van der Waals surface area contributed by atoms with Crippen LogP contribution in [0.1, 0.15) is 0 Å². The number of quaternary nitrogens is 1. The number of hydrogen-bond acceptors (Lipinski definition) is 4. The monoisotopic (exact) mass is 232 g/mol. The van der Waals surface area contributed by atoms with Crippen LogP contribution in [-0.2, 0) is 0 Å². The van der Waals surface area contributed by atoms with Crippen LogP contribution in [0.4, 0.5) is 11.4 Å². The van der Waals surface area contributed by atoms with Gasteiger partial charge in [-0.3, -0.25) is 4.48 Å². The van der Waals surface area contributed by atoms with Crippen molar-refractivity contribution >= 4 is 11.4 Å². The average Bonchev–Trinajstić information content (AvgIpc) is 2.66. The number of rotatable bonds is 3. The summed E-state index contributed by atoms with van der Waals surface area (Å²) in [6, 6.07) is 7.85. The van der Waals surface area contributed by atoms with E-state index in [4.69, 9.17) is 0 Å². The first-order chi connectivity index (χ1) is 8.12. The molecule has 90 valence electrons. The van der Waals surface area contributed by atoms with Gasteiger partial charge in [-0.05, 0) is 24.3 Å². The second-order valence-electron chi connectivity index (χ2n) is 4.50. The van der Waals surface area contributed by atoms with Crippen LogP contribution >= 0.6 is 0 Å². The van der Waals surface area contributed by atoms with Crippen LogP contribution in [0.15, 0.2) is 46.9 Å². The Balaban J connectivity index is 2.05. The van der Waals surface area contributed by atoms with E-state index < -0.39 is 0 Å². The number of hydrogen-bond donors (Lipinski definition) is 2. The molecule has 1 atom stereocenters. The van der Waals surface area contributed by atoms with E-state index in [1.54, 1.807) is 0 Å². The standard InChI is InChI=1S/C12H18N5/c1-13-10-4-6-11(7-5-10)15-16-12-14-8-9-17(12,2)3/h4-9,12-14H,1-3H3/q+1. The second kappa shape index (κ2) is 4.55. The van der Waals surface area contributed by atoms with Crippen molar-refractivity contribution in [2.45, 2.75) is 6.29 Å². The highest BCUT2D eigenvalue weighted by atomic mass is 15.5. The van der Waals surface area contributed by atoms with E-state index in [1.165, 1.54) is 0 Å². The molecule has 0 radical (unpaired) electrons. The summed E-state index contributed by atoms with van der Waals surface area (Å²) in [6.45, 7) is 0. The fourth-order valence-electron chi connectivity index (χ4n) is 1.58. The molecule has 0 fully saturated rings. The van der Waals surface area contributed by atoms with E-state index in [0.717, 1.165) is 11.4 Å². The molecule has 1 aromatic carbocycles. The summed E-state index contributed by atoms with van der Waals surface area (Å²) < 4.78 is 0.665. The Kier molecular flexibility index (Phi) is 3.10. The van der Waals surface area contributed by atoms with Crippen molar-refractivity contribution in [3.8, 4) is 0 Å². The maximum absolute atomic E-state index is 4.30. The predicted molar refractivity (Wildman–Crippen MR) is 68.7 cm³/mol. The Bertz CT molecular complexity index is 433. The Labute approximate surface area is 101 Å². The fraction of sp³-hybridized carbons (Fsp3) is 0.333. The molecule has 2 rings (SSSR count). The van der Waals surface area contributed by atoms with Crippen LogP contribution in [0.5, 0.6) is 0 Å². The summed E-state index contributed by atoms with van der Waals surface area (Å²) in [5, 5.41) is 14.8. The molecule has 0 amide bonds. The van der Waals surface area contributed by atoms with Crippen molar-refractivity contribution < 1.29 is 4.48 Å². The maximum Gasteiger partial charge on any atom is 0.283 e. The molecule has 0 saturated heterocycles. The molecule has 17 heavy (non-hydrogen) atoms. The lowest BCUT2D eigenvalue weighted by Crippen LogP contribution is -2.44. The van der Waals surface area contributed by atoms with Gasteiger partial charge in [-0.25, -0.2) is 0 Å². The molecule has 0 bridgehead atoms. The van der Waals surface area contributed by atoms with Crippen molar-refractivity contribution in [1.29, 1.82) is 0 Å². The van der Waals surface area contributed by atoms with Gasteiger partial charge in [-0.1, -0.05) is 0 Å². The van der Waals surface area contributed by atoms with Crippen LogP contribution < -0.4 is 10.6 Å². The van der Waals surface area contributed by atoms with Crippen LogP contribution in [0, 0.1) is 0 Å². The second-order valence-corrected chi connectivity index (χ2v) is 4.50. The van der Waals surface area contributed by atoms with E-state index in [-0.39, 0.29) is 6.29 Å². The lowest BCUT2D eigenvalue weighted by atomic mass is 10.3. The van der Waals surface area contributed by atoms with Crippen LogP contribution in [0.2, 0.25) is 0 Å². The molecule has 1 aromatic rings. The minimum atomic E-state index is -0.0426. The van der Waals surface area contributed by atoms with E-state index in [1.807, 2.05) is 43.7 Å². The van der Waals surface area contributed by atoms with Gasteiger partial charge in [0.05, 0.1) is 26.0 Å². The third kappa shape index (κ3) is 2.62. The first-order valence-corrected chi connectivity index (χ1v) is 5.57. The summed E-state index contributed by atoms with van der Waals surface area (Å²) >= 11 is 0. The summed E-state index contributed by atoms with van der Waals surface area (Å²) in [5.74, 6) is 0. The van der Waals surface area contributed by atoms with E-state index in [9.17, 15) is 0 Å². The Morgan fingerprint density at radius 1 is 1.24 bits per heavy atom. The van der Waals surface area contributed by atoms with Gasteiger partial charge in [0.25, 0.3) is 6.29 Å². The van der Waals surface area contributed by atoms with Crippen LogP contribution in [-0.4, -0.2) is 31.9 Å². The van der Waals surface area contributed by atoms with E-state index in [2.05, 4.69) is 35.0 Å². The number of nitrogens with one attached hydrogen (secondary N) is 2. The van der Waals surface area contributed by atoms with Gasteiger partial charge in [0.15, 0.2) is 0 Å². The first-order valence-electron chi connectivity index (χ1n) is 5.57. The minimum absolute atomic E-state index is 0.0426. The van der Waals surface area contributed by atoms with Crippen molar-refractivity contribution in [2.24, 2.45) is 10.2 Å². The highest BCUT2D eigenvalue weighted by Gasteiger charge is 2.29. The molecule has 1 heterocycles. The van der Waals surface area contributed by atoms with Crippen molar-refractivity contribution in [2.75, 3.05) is 26.5 Å². The predicted octanol–water partition coefficient (Wildman–Crippen LogP) is 2.25. The van der Waals surface area contributed by atoms with E-state index >= 15 is 0 Å². The highest BCUT2D eigenvalue weighted by molar-refractivity contribution is 5.50. The van der Waals surface area contributed by atoms with Crippen LogP contribution in [0.25, 0.3) is 0 Å². The zero-order valence-corrected chi connectivity index (χ0v) is 10.4. The molecular weight excluding hydrogens is 214 g/mol. The van der Waals surface area contributed by atoms with Gasteiger partial charge in [0, 0.05) is 12.7 Å². The van der Waals surface area contributed by atoms with Crippen molar-refractivity contribution in [3.05, 3.63) is 36.7 Å². The molecule has 0 aromatic heterocycles. The number of anilines is 1. The van der Waals surface area contributed by atoms with Gasteiger partial charge in [-0.15, -0.1) is 10.2 Å². The Hall–Kier alpha value is -1.88. The summed E-state index contributed by atoms with van der Waals surface area (Å²) in [4.78, 5) is 0. The molecule has 0 aliphatic carbocycles. The quantitative estimate of drug-likeness (QED) is 0.620. The zero-order valence-electron chi connectivity index (χ0n) is 10.4. The third-order valence-corrected chi connectivity index (χ3v) is 2.77. The van der Waals surface area contributed by atoms with Crippen molar-refractivity contribution in [3.63, 3.8) is 0 Å². The molecule has 0 spiro atoms. The van der Waals surface area contributed by atoms with E-state index in [0.29, 0.717) is 4.48 Å². The molecular formula is C12H18N5+. The Morgan fingerprint density at radius 2 is 1.94 bits per heavy atom. The molecule has 5 heteroatoms. The number of azo groups is 1. The van der Waals surface area contributed by atoms with Crippen LogP contribution in [0.3, 0.4) is 0 Å². The lowest BCUT2D eigenvalue weighted by Gasteiger charge is -2.24. The number of benzene rings is 1. The van der Waals surface area contributed by atoms with Gasteiger partial charge >= 0.3 is 0 Å². The van der Waals surface area contributed by atoms with Gasteiger partial charge < -0.3 is 10.6 Å². The molecule has 0 saturated carbocycles. The van der Waals surface area contributed by atoms with Gasteiger partial charge in [0.1, 0.15) is 6.20 Å². The summed E-state index contributed by atoms with van der Waals surface area (Å²) in [5.41, 5.74) is 1.93. The Morgan fingerprint density at radius 3 is 2.47 bits per heavy atom. The normalized spacial score (nSPS) is 21.7. The number of nitrogens with zero attached hydrogens (tertiary/aromatic N) is 3. The maximum atomic E-state index is 4.30. The summed E-state index contributed by atoms with van der Waals surface area (Å²) in [6.07, 6.45) is 3.92. The largest absolute Gasteiger partial charge is 0.388 e. The topological polar surface area (TPSA) is 48.8 Å². The fourth-order valence-corrected chi connectivity index (χ4v) is 1.58. The average molecular weight is 232 g/mol. The molecule has 1 aliphatic heterocycles. The SMILES string of the molecule is CNc1ccc(N=NC2NC=C[N+]2(C)C)cc1. The highest BCUT2D eigenvalue weighted by Crippen LogP contribution is 2.19. The lowest BCUT2D eigenvalue weighted by molar-refractivity contribution is -0.861.